The van der Waals surface area contributed by atoms with Gasteiger partial charge in [0, 0.05) is 12.3 Å². The molecule has 0 aliphatic heterocycles. The molecule has 0 fully saturated rings. The Balaban J connectivity index is 1.89. The molecule has 1 aromatic heterocycles. The first-order valence-electron chi connectivity index (χ1n) is 6.78. The van der Waals surface area contributed by atoms with Crippen LogP contribution in [0, 0.1) is 21.4 Å². The Hall–Kier alpha value is -3.86. The molecule has 0 aliphatic rings. The number of hydrogen-bond acceptors (Lipinski definition) is 7. The molecule has 2 N–H and O–H groups in total. The van der Waals surface area contributed by atoms with Crippen molar-refractivity contribution in [2.75, 3.05) is 5.32 Å². The Morgan fingerprint density at radius 2 is 2.17 bits per heavy atom. The highest BCUT2D eigenvalue weighted by molar-refractivity contribution is 5.80. The fourth-order valence-electron chi connectivity index (χ4n) is 2.03. The zero-order chi connectivity index (χ0) is 17.1. The summed E-state index contributed by atoms with van der Waals surface area (Å²) in [6.45, 7) is 0. The quantitative estimate of drug-likeness (QED) is 0.326. The van der Waals surface area contributed by atoms with Crippen molar-refractivity contribution in [2.45, 2.75) is 0 Å². The summed E-state index contributed by atoms with van der Waals surface area (Å²) in [6, 6.07) is 12.6. The molecule has 0 unspecified atom stereocenters. The number of anilines is 1. The van der Waals surface area contributed by atoms with Crippen LogP contribution >= 0.6 is 0 Å². The topological polar surface area (TPSA) is 125 Å². The van der Waals surface area contributed by atoms with Crippen LogP contribution in [0.25, 0.3) is 16.7 Å². The first kappa shape index (κ1) is 15.1. The summed E-state index contributed by atoms with van der Waals surface area (Å²) in [5.41, 5.74) is 1.26. The second kappa shape index (κ2) is 6.10. The highest BCUT2D eigenvalue weighted by Crippen LogP contribution is 2.28. The Bertz CT molecular complexity index is 968. The molecule has 0 aliphatic carbocycles. The first-order valence-corrected chi connectivity index (χ1v) is 6.78. The molecule has 0 atom stereocenters. The van der Waals surface area contributed by atoms with Gasteiger partial charge in [0.15, 0.2) is 5.58 Å². The Morgan fingerprint density at radius 1 is 1.38 bits per heavy atom. The molecule has 8 heteroatoms. The van der Waals surface area contributed by atoms with Gasteiger partial charge in [-0.15, -0.1) is 0 Å². The predicted molar refractivity (Wildman–Crippen MR) is 86.0 cm³/mol. The third-order valence-corrected chi connectivity index (χ3v) is 3.21. The lowest BCUT2D eigenvalue weighted by atomic mass is 10.2. The number of nitro benzene ring substituents is 1. The van der Waals surface area contributed by atoms with Crippen LogP contribution in [0.3, 0.4) is 0 Å². The van der Waals surface area contributed by atoms with Crippen LogP contribution in [0.4, 0.5) is 11.4 Å². The van der Waals surface area contributed by atoms with Crippen LogP contribution < -0.4 is 5.32 Å². The van der Waals surface area contributed by atoms with E-state index in [1.165, 1.54) is 18.3 Å². The number of para-hydroxylation sites is 2. The number of benzene rings is 2. The van der Waals surface area contributed by atoms with Gasteiger partial charge in [0.2, 0.25) is 5.89 Å². The van der Waals surface area contributed by atoms with E-state index in [-0.39, 0.29) is 28.6 Å². The zero-order valence-electron chi connectivity index (χ0n) is 12.1. The summed E-state index contributed by atoms with van der Waals surface area (Å²) in [6.07, 6.45) is 1.31. The second-order valence-electron chi connectivity index (χ2n) is 4.76. The van der Waals surface area contributed by atoms with E-state index in [0.717, 1.165) is 6.07 Å². The largest absolute Gasteiger partial charge is 0.506 e. The second-order valence-corrected chi connectivity index (χ2v) is 4.76. The minimum absolute atomic E-state index is 0.115. The van der Waals surface area contributed by atoms with E-state index in [1.807, 2.05) is 6.07 Å². The van der Waals surface area contributed by atoms with Crippen LogP contribution in [0.1, 0.15) is 5.89 Å². The maximum atomic E-state index is 10.6. The molecule has 3 rings (SSSR count). The molecular weight excluding hydrogens is 312 g/mol. The lowest BCUT2D eigenvalue weighted by Crippen LogP contribution is -1.93. The summed E-state index contributed by atoms with van der Waals surface area (Å²) in [4.78, 5) is 14.2. The van der Waals surface area contributed by atoms with Gasteiger partial charge in [-0.25, -0.2) is 4.98 Å². The minimum Gasteiger partial charge on any atom is -0.506 e. The highest BCUT2D eigenvalue weighted by atomic mass is 16.6. The number of nitrogens with zero attached hydrogens (tertiary/aromatic N) is 3. The third kappa shape index (κ3) is 2.86. The monoisotopic (exact) mass is 322 g/mol. The van der Waals surface area contributed by atoms with E-state index >= 15 is 0 Å². The number of rotatable bonds is 4. The number of phenolic OH excluding ortho intramolecular Hbond substituents is 1. The summed E-state index contributed by atoms with van der Waals surface area (Å²) < 4.78 is 5.50. The number of aromatic nitrogens is 1. The fourth-order valence-corrected chi connectivity index (χ4v) is 2.03. The van der Waals surface area contributed by atoms with Gasteiger partial charge in [0.1, 0.15) is 22.9 Å². The number of aromatic hydroxyl groups is 1. The van der Waals surface area contributed by atoms with Crippen LogP contribution in [-0.2, 0) is 0 Å². The van der Waals surface area contributed by atoms with Crippen molar-refractivity contribution in [1.29, 1.82) is 5.26 Å². The van der Waals surface area contributed by atoms with Crippen LogP contribution in [-0.4, -0.2) is 15.0 Å². The van der Waals surface area contributed by atoms with Gasteiger partial charge < -0.3 is 14.8 Å². The van der Waals surface area contributed by atoms with Crippen molar-refractivity contribution in [3.8, 4) is 11.8 Å². The molecule has 0 saturated carbocycles. The predicted octanol–water partition coefficient (Wildman–Crippen LogP) is 3.42. The van der Waals surface area contributed by atoms with E-state index in [2.05, 4.69) is 10.3 Å². The van der Waals surface area contributed by atoms with Gasteiger partial charge in [-0.05, 0) is 18.2 Å². The normalized spacial score (nSPS) is 11.2. The standard InChI is InChI=1S/C16H10N4O4/c17-8-10(16-19-13-3-1-2-4-15(13)24-16)9-18-12-6-5-11(20(22)23)7-14(12)21/h1-7,9,18,21H. The average Bonchev–Trinajstić information content (AvgIpc) is 3.00. The van der Waals surface area contributed by atoms with Crippen LogP contribution in [0.15, 0.2) is 53.1 Å². The van der Waals surface area contributed by atoms with Gasteiger partial charge in [0.25, 0.3) is 5.69 Å². The van der Waals surface area contributed by atoms with Gasteiger partial charge >= 0.3 is 0 Å². The molecule has 1 heterocycles. The summed E-state index contributed by atoms with van der Waals surface area (Å²) in [7, 11) is 0. The molecule has 0 saturated heterocycles. The lowest BCUT2D eigenvalue weighted by Gasteiger charge is -2.04. The van der Waals surface area contributed by atoms with E-state index in [1.54, 1.807) is 24.3 Å². The average molecular weight is 322 g/mol. The van der Waals surface area contributed by atoms with Gasteiger partial charge in [-0.1, -0.05) is 12.1 Å². The Kier molecular flexibility index (Phi) is 3.82. The molecular formula is C16H10N4O4. The van der Waals surface area contributed by atoms with Crippen molar-refractivity contribution in [3.05, 3.63) is 64.7 Å². The van der Waals surface area contributed by atoms with E-state index in [0.29, 0.717) is 11.1 Å². The van der Waals surface area contributed by atoms with Gasteiger partial charge in [0.05, 0.1) is 16.7 Å². The lowest BCUT2D eigenvalue weighted by molar-refractivity contribution is -0.384. The van der Waals surface area contributed by atoms with Crippen molar-refractivity contribution in [2.24, 2.45) is 0 Å². The molecule has 24 heavy (non-hydrogen) atoms. The van der Waals surface area contributed by atoms with Crippen LogP contribution in [0.5, 0.6) is 5.75 Å². The number of nitrogens with one attached hydrogen (secondary N) is 1. The van der Waals surface area contributed by atoms with Crippen molar-refractivity contribution < 1.29 is 14.4 Å². The van der Waals surface area contributed by atoms with Crippen LogP contribution in [0.2, 0.25) is 0 Å². The molecule has 8 nitrogen and oxygen atoms in total. The minimum atomic E-state index is -0.613. The smallest absolute Gasteiger partial charge is 0.273 e. The molecule has 0 spiro atoms. The number of allylic oxidation sites excluding steroid dienone is 1. The highest BCUT2D eigenvalue weighted by Gasteiger charge is 2.12. The van der Waals surface area contributed by atoms with Crippen molar-refractivity contribution in [3.63, 3.8) is 0 Å². The first-order chi connectivity index (χ1) is 11.6. The number of phenols is 1. The fraction of sp³-hybridized carbons (Fsp3) is 0. The zero-order valence-corrected chi connectivity index (χ0v) is 12.1. The van der Waals surface area contributed by atoms with Crippen molar-refractivity contribution >= 4 is 28.0 Å². The molecule has 0 amide bonds. The molecule has 0 bridgehead atoms. The summed E-state index contributed by atoms with van der Waals surface area (Å²) in [5.74, 6) is -0.178. The number of oxazole rings is 1. The summed E-state index contributed by atoms with van der Waals surface area (Å²) in [5, 5.41) is 32.4. The number of nitro groups is 1. The number of fused-ring (bicyclic) bond motifs is 1. The molecule has 3 aromatic rings. The molecule has 2 aromatic carbocycles. The number of nitriles is 1. The maximum Gasteiger partial charge on any atom is 0.273 e. The SMILES string of the molecule is N#CC(=CNc1ccc([N+](=O)[O-])cc1O)c1nc2ccccc2o1. The van der Waals surface area contributed by atoms with E-state index < -0.39 is 4.92 Å². The van der Waals surface area contributed by atoms with Gasteiger partial charge in [-0.2, -0.15) is 5.26 Å². The maximum absolute atomic E-state index is 10.6. The summed E-state index contributed by atoms with van der Waals surface area (Å²) >= 11 is 0. The Morgan fingerprint density at radius 3 is 2.83 bits per heavy atom. The molecule has 0 radical (unpaired) electrons. The Labute approximate surface area is 135 Å². The van der Waals surface area contributed by atoms with Crippen molar-refractivity contribution in [1.82, 2.24) is 4.98 Å². The van der Waals surface area contributed by atoms with Gasteiger partial charge in [-0.3, -0.25) is 10.1 Å². The number of hydrogen-bond donors (Lipinski definition) is 2. The molecule has 118 valence electrons. The number of non-ortho nitro benzene ring substituents is 1. The third-order valence-electron chi connectivity index (χ3n) is 3.21. The van der Waals surface area contributed by atoms with E-state index in [9.17, 15) is 20.5 Å². The van der Waals surface area contributed by atoms with E-state index in [4.69, 9.17) is 4.42 Å².